The largest absolute Gasteiger partial charge is 0.0729 e. The monoisotopic (exact) mass is 218 g/mol. The Morgan fingerprint density at radius 2 is 1.12 bits per heavy atom. The molecular weight excluding hydrogens is 192 g/mol. The standard InChI is InChI=1S/C9H8.C5H12.C2H6/c1-2-5-9-7-3-6-8(9)4-1;1-5(2,3)4;1-2/h1-2,4-7H,3H2;1-4H3;1-2H3. The van der Waals surface area contributed by atoms with E-state index in [2.05, 4.69) is 64.1 Å². The van der Waals surface area contributed by atoms with Crippen molar-refractivity contribution < 1.29 is 0 Å². The highest BCUT2D eigenvalue weighted by Gasteiger charge is 1.95. The van der Waals surface area contributed by atoms with Gasteiger partial charge in [0.15, 0.2) is 0 Å². The number of hydrogen-bond donors (Lipinski definition) is 0. The Morgan fingerprint density at radius 3 is 1.44 bits per heavy atom. The molecule has 0 bridgehead atoms. The highest BCUT2D eigenvalue weighted by atomic mass is 14.0. The Bertz CT molecular complexity index is 352. The van der Waals surface area contributed by atoms with Crippen LogP contribution in [0, 0.1) is 5.41 Å². The van der Waals surface area contributed by atoms with Gasteiger partial charge in [0.1, 0.15) is 0 Å². The molecule has 0 unspecified atom stereocenters. The van der Waals surface area contributed by atoms with Gasteiger partial charge in [-0.25, -0.2) is 0 Å². The first-order valence-electron chi connectivity index (χ1n) is 6.22. The van der Waals surface area contributed by atoms with Crippen molar-refractivity contribution in [2.75, 3.05) is 0 Å². The van der Waals surface area contributed by atoms with Crippen LogP contribution in [-0.2, 0) is 0 Å². The molecule has 0 N–H and O–H groups in total. The molecule has 0 aromatic heterocycles. The number of hydrogen-bond acceptors (Lipinski definition) is 0. The number of benzene rings is 1. The molecular formula is C16H26. The molecule has 0 spiro atoms. The predicted octanol–water partition coefficient (Wildman–Crippen LogP) is 3.73. The fourth-order valence-corrected chi connectivity index (χ4v) is 1.20. The van der Waals surface area contributed by atoms with E-state index < -0.39 is 0 Å². The van der Waals surface area contributed by atoms with Crippen LogP contribution in [0.15, 0.2) is 24.3 Å². The zero-order chi connectivity index (χ0) is 12.6. The van der Waals surface area contributed by atoms with E-state index in [9.17, 15) is 0 Å². The van der Waals surface area contributed by atoms with E-state index in [1.807, 2.05) is 13.8 Å². The summed E-state index contributed by atoms with van der Waals surface area (Å²) in [4.78, 5) is 0. The summed E-state index contributed by atoms with van der Waals surface area (Å²) in [5.74, 6) is 0. The maximum atomic E-state index is 2.25. The molecule has 0 aliphatic heterocycles. The third kappa shape index (κ3) is 7.28. The summed E-state index contributed by atoms with van der Waals surface area (Å²) in [6.45, 7) is 12.8. The van der Waals surface area contributed by atoms with Crippen molar-refractivity contribution in [2.45, 2.75) is 48.0 Å². The van der Waals surface area contributed by atoms with E-state index in [0.29, 0.717) is 5.41 Å². The van der Waals surface area contributed by atoms with Gasteiger partial charge >= 0.3 is 0 Å². The second-order valence-electron chi connectivity index (χ2n) is 5.27. The molecule has 2 rings (SSSR count). The summed E-state index contributed by atoms with van der Waals surface area (Å²) in [5, 5.41) is 2.77. The average molecular weight is 218 g/mol. The van der Waals surface area contributed by atoms with Crippen molar-refractivity contribution in [3.63, 3.8) is 0 Å². The Kier molecular flexibility index (Phi) is 6.80. The van der Waals surface area contributed by atoms with Gasteiger partial charge in [0.05, 0.1) is 0 Å². The smallest absolute Gasteiger partial charge is 0.0151 e. The van der Waals surface area contributed by atoms with E-state index >= 15 is 0 Å². The van der Waals surface area contributed by atoms with E-state index in [1.165, 1.54) is 10.4 Å². The first-order chi connectivity index (χ1) is 7.47. The second-order valence-corrected chi connectivity index (χ2v) is 5.27. The third-order valence-electron chi connectivity index (χ3n) is 1.67. The Balaban J connectivity index is 0.000000280. The van der Waals surface area contributed by atoms with E-state index in [-0.39, 0.29) is 0 Å². The third-order valence-corrected chi connectivity index (χ3v) is 1.67. The van der Waals surface area contributed by atoms with Gasteiger partial charge in [-0.3, -0.25) is 0 Å². The minimum Gasteiger partial charge on any atom is -0.0729 e. The van der Waals surface area contributed by atoms with Crippen LogP contribution in [0.5, 0.6) is 0 Å². The molecule has 1 aromatic rings. The lowest BCUT2D eigenvalue weighted by Gasteiger charge is -2.05. The van der Waals surface area contributed by atoms with E-state index in [0.717, 1.165) is 6.42 Å². The van der Waals surface area contributed by atoms with Crippen molar-refractivity contribution in [1.82, 2.24) is 0 Å². The van der Waals surface area contributed by atoms with Gasteiger partial charge in [0.2, 0.25) is 0 Å². The van der Waals surface area contributed by atoms with Crippen LogP contribution in [0.25, 0.3) is 12.2 Å². The highest BCUT2D eigenvalue weighted by molar-refractivity contribution is 5.45. The van der Waals surface area contributed by atoms with Crippen molar-refractivity contribution >= 4 is 12.2 Å². The summed E-state index contributed by atoms with van der Waals surface area (Å²) in [7, 11) is 0. The Hall–Kier alpha value is -1.04. The van der Waals surface area contributed by atoms with E-state index in [1.54, 1.807) is 0 Å². The quantitative estimate of drug-likeness (QED) is 0.622. The lowest BCUT2D eigenvalue weighted by Crippen LogP contribution is -2.19. The van der Waals surface area contributed by atoms with Gasteiger partial charge in [-0.15, -0.1) is 0 Å². The van der Waals surface area contributed by atoms with Gasteiger partial charge in [-0.05, 0) is 22.3 Å². The summed E-state index contributed by atoms with van der Waals surface area (Å²) in [6, 6.07) is 8.46. The van der Waals surface area contributed by atoms with Gasteiger partial charge in [-0.2, -0.15) is 0 Å². The molecule has 16 heavy (non-hydrogen) atoms. The molecule has 0 fully saturated rings. The van der Waals surface area contributed by atoms with Crippen LogP contribution in [0.4, 0.5) is 0 Å². The zero-order valence-corrected chi connectivity index (χ0v) is 11.7. The maximum Gasteiger partial charge on any atom is -0.0151 e. The predicted molar refractivity (Wildman–Crippen MR) is 75.7 cm³/mol. The molecule has 0 radical (unpaired) electrons. The minimum atomic E-state index is 0.500. The van der Waals surface area contributed by atoms with Crippen LogP contribution in [0.2, 0.25) is 0 Å². The van der Waals surface area contributed by atoms with Gasteiger partial charge < -0.3 is 0 Å². The Labute approximate surface area is 101 Å². The maximum absolute atomic E-state index is 2.25. The van der Waals surface area contributed by atoms with Gasteiger partial charge in [0, 0.05) is 0 Å². The van der Waals surface area contributed by atoms with Gasteiger partial charge in [-0.1, -0.05) is 78.0 Å². The van der Waals surface area contributed by atoms with Crippen LogP contribution in [0.1, 0.15) is 48.0 Å². The molecule has 1 aliphatic carbocycles. The Morgan fingerprint density at radius 1 is 0.812 bits per heavy atom. The highest BCUT2D eigenvalue weighted by Crippen LogP contribution is 2.08. The molecule has 0 nitrogen and oxygen atoms in total. The summed E-state index contributed by atoms with van der Waals surface area (Å²) in [5.41, 5.74) is 0.500. The van der Waals surface area contributed by atoms with Crippen molar-refractivity contribution in [3.8, 4) is 0 Å². The first kappa shape index (κ1) is 15.0. The van der Waals surface area contributed by atoms with Crippen LogP contribution in [0.3, 0.4) is 0 Å². The lowest BCUT2D eigenvalue weighted by atomic mass is 10.0. The number of fused-ring (bicyclic) bond motifs is 1. The molecule has 1 aromatic carbocycles. The van der Waals surface area contributed by atoms with Crippen LogP contribution >= 0.6 is 0 Å². The molecule has 0 saturated heterocycles. The van der Waals surface area contributed by atoms with Crippen LogP contribution in [-0.4, -0.2) is 0 Å². The molecule has 0 amide bonds. The molecule has 0 heteroatoms. The van der Waals surface area contributed by atoms with Crippen LogP contribution < -0.4 is 10.4 Å². The van der Waals surface area contributed by atoms with Crippen molar-refractivity contribution in [1.29, 1.82) is 0 Å². The van der Waals surface area contributed by atoms with Crippen molar-refractivity contribution in [2.24, 2.45) is 5.41 Å². The molecule has 0 saturated carbocycles. The zero-order valence-electron chi connectivity index (χ0n) is 11.7. The summed E-state index contributed by atoms with van der Waals surface area (Å²) in [6.07, 6.45) is 5.60. The normalized spacial score (nSPS) is 11.9. The number of rotatable bonds is 0. The summed E-state index contributed by atoms with van der Waals surface area (Å²) < 4.78 is 0. The molecule has 90 valence electrons. The SMILES string of the molecule is C1=c2ccccc2=CC1.CC.CC(C)(C)C. The average Bonchev–Trinajstić information content (AvgIpc) is 2.66. The summed E-state index contributed by atoms with van der Waals surface area (Å²) >= 11 is 0. The first-order valence-corrected chi connectivity index (χ1v) is 6.22. The molecule has 0 atom stereocenters. The van der Waals surface area contributed by atoms with E-state index in [4.69, 9.17) is 0 Å². The fraction of sp³-hybridized carbons (Fsp3) is 0.500. The molecule has 1 aliphatic rings. The van der Waals surface area contributed by atoms with Gasteiger partial charge in [0.25, 0.3) is 0 Å². The second kappa shape index (κ2) is 7.27. The topological polar surface area (TPSA) is 0 Å². The fourth-order valence-electron chi connectivity index (χ4n) is 1.20. The van der Waals surface area contributed by atoms with Crippen molar-refractivity contribution in [3.05, 3.63) is 34.7 Å². The molecule has 0 heterocycles. The lowest BCUT2D eigenvalue weighted by molar-refractivity contribution is 0.469. The minimum absolute atomic E-state index is 0.500.